The number of likely N-dealkylation sites (tertiary alicyclic amines) is 1. The molecule has 0 N–H and O–H groups in total. The maximum Gasteiger partial charge on any atom is 0.135 e. The number of hydrogen-bond donors (Lipinski definition) is 0. The van der Waals surface area contributed by atoms with Crippen molar-refractivity contribution in [1.82, 2.24) is 9.88 Å². The minimum atomic E-state index is 0.465. The van der Waals surface area contributed by atoms with Crippen molar-refractivity contribution in [3.63, 3.8) is 0 Å². The van der Waals surface area contributed by atoms with Crippen LogP contribution in [0.3, 0.4) is 0 Å². The van der Waals surface area contributed by atoms with Gasteiger partial charge in [0.2, 0.25) is 0 Å². The Morgan fingerprint density at radius 3 is 2.58 bits per heavy atom. The van der Waals surface area contributed by atoms with Crippen LogP contribution in [0, 0.1) is 0 Å². The van der Waals surface area contributed by atoms with Gasteiger partial charge in [0.1, 0.15) is 11.5 Å². The summed E-state index contributed by atoms with van der Waals surface area (Å²) in [6.07, 6.45) is 12.1. The van der Waals surface area contributed by atoms with Crippen molar-refractivity contribution in [1.29, 1.82) is 0 Å². The van der Waals surface area contributed by atoms with Gasteiger partial charge in [-0.3, -0.25) is 9.88 Å². The SMILES string of the molecule is c1cncc(-c2ccc(CN3CCC(OC4CCCC4)CC3)o2)c1. The van der Waals surface area contributed by atoms with Crippen LogP contribution in [0.4, 0.5) is 0 Å². The second-order valence-electron chi connectivity index (χ2n) is 7.03. The molecule has 1 saturated carbocycles. The molecule has 1 aliphatic carbocycles. The highest BCUT2D eigenvalue weighted by atomic mass is 16.5. The first-order chi connectivity index (χ1) is 11.9. The van der Waals surface area contributed by atoms with Gasteiger partial charge in [0, 0.05) is 31.0 Å². The van der Waals surface area contributed by atoms with E-state index < -0.39 is 0 Å². The van der Waals surface area contributed by atoms with E-state index in [1.807, 2.05) is 24.4 Å². The van der Waals surface area contributed by atoms with Crippen LogP contribution in [0.5, 0.6) is 0 Å². The van der Waals surface area contributed by atoms with E-state index in [9.17, 15) is 0 Å². The molecule has 4 rings (SSSR count). The molecule has 1 saturated heterocycles. The van der Waals surface area contributed by atoms with Crippen LogP contribution in [0.25, 0.3) is 11.3 Å². The van der Waals surface area contributed by atoms with Crippen molar-refractivity contribution in [2.24, 2.45) is 0 Å². The predicted molar refractivity (Wildman–Crippen MR) is 93.6 cm³/mol. The predicted octanol–water partition coefficient (Wildman–Crippen LogP) is 4.27. The third kappa shape index (κ3) is 3.87. The summed E-state index contributed by atoms with van der Waals surface area (Å²) in [4.78, 5) is 6.62. The Kier molecular flexibility index (Phi) is 4.95. The number of aromatic nitrogens is 1. The van der Waals surface area contributed by atoms with E-state index in [4.69, 9.17) is 9.15 Å². The van der Waals surface area contributed by atoms with E-state index in [0.29, 0.717) is 12.2 Å². The molecule has 0 unspecified atom stereocenters. The highest BCUT2D eigenvalue weighted by molar-refractivity contribution is 5.55. The molecule has 0 spiro atoms. The van der Waals surface area contributed by atoms with Crippen molar-refractivity contribution in [2.75, 3.05) is 13.1 Å². The molecule has 2 aromatic heterocycles. The van der Waals surface area contributed by atoms with Crippen molar-refractivity contribution >= 4 is 0 Å². The van der Waals surface area contributed by atoms with Gasteiger partial charge in [-0.25, -0.2) is 0 Å². The highest BCUT2D eigenvalue weighted by Gasteiger charge is 2.25. The van der Waals surface area contributed by atoms with Crippen molar-refractivity contribution in [2.45, 2.75) is 57.3 Å². The number of pyridine rings is 1. The van der Waals surface area contributed by atoms with E-state index >= 15 is 0 Å². The van der Waals surface area contributed by atoms with Gasteiger partial charge < -0.3 is 9.15 Å². The van der Waals surface area contributed by atoms with E-state index in [1.165, 1.54) is 25.7 Å². The molecule has 24 heavy (non-hydrogen) atoms. The van der Waals surface area contributed by atoms with Crippen molar-refractivity contribution in [3.05, 3.63) is 42.4 Å². The van der Waals surface area contributed by atoms with Crippen molar-refractivity contribution < 1.29 is 9.15 Å². The highest BCUT2D eigenvalue weighted by Crippen LogP contribution is 2.26. The average molecular weight is 326 g/mol. The van der Waals surface area contributed by atoms with Gasteiger partial charge in [-0.1, -0.05) is 12.8 Å². The average Bonchev–Trinajstić information content (AvgIpc) is 3.29. The fourth-order valence-electron chi connectivity index (χ4n) is 3.85. The summed E-state index contributed by atoms with van der Waals surface area (Å²) in [6.45, 7) is 3.08. The molecule has 0 aromatic carbocycles. The zero-order valence-corrected chi connectivity index (χ0v) is 14.2. The quantitative estimate of drug-likeness (QED) is 0.822. The maximum atomic E-state index is 6.26. The molecule has 0 amide bonds. The summed E-state index contributed by atoms with van der Waals surface area (Å²) < 4.78 is 12.2. The van der Waals surface area contributed by atoms with Crippen LogP contribution in [0.15, 0.2) is 41.1 Å². The molecule has 2 aromatic rings. The third-order valence-electron chi connectivity index (χ3n) is 5.21. The number of hydrogen-bond acceptors (Lipinski definition) is 4. The van der Waals surface area contributed by atoms with Gasteiger partial charge in [-0.2, -0.15) is 0 Å². The lowest BCUT2D eigenvalue weighted by Gasteiger charge is -2.32. The second kappa shape index (κ2) is 7.49. The number of nitrogens with zero attached hydrogens (tertiary/aromatic N) is 2. The Morgan fingerprint density at radius 1 is 1.04 bits per heavy atom. The zero-order chi connectivity index (χ0) is 16.2. The summed E-state index contributed by atoms with van der Waals surface area (Å²) in [7, 11) is 0. The molecular formula is C20H26N2O2. The molecule has 0 atom stereocenters. The Balaban J connectivity index is 1.27. The van der Waals surface area contributed by atoms with Crippen LogP contribution in [0.2, 0.25) is 0 Å². The Morgan fingerprint density at radius 2 is 1.83 bits per heavy atom. The molecule has 4 nitrogen and oxygen atoms in total. The van der Waals surface area contributed by atoms with E-state index in [2.05, 4.69) is 16.0 Å². The number of furan rings is 1. The van der Waals surface area contributed by atoms with Crippen LogP contribution < -0.4 is 0 Å². The lowest BCUT2D eigenvalue weighted by atomic mass is 10.1. The normalized spacial score (nSPS) is 20.7. The fourth-order valence-corrected chi connectivity index (χ4v) is 3.85. The lowest BCUT2D eigenvalue weighted by molar-refractivity contribution is -0.0406. The molecular weight excluding hydrogens is 300 g/mol. The zero-order valence-electron chi connectivity index (χ0n) is 14.2. The van der Waals surface area contributed by atoms with Gasteiger partial charge in [0.15, 0.2) is 0 Å². The molecule has 0 bridgehead atoms. The third-order valence-corrected chi connectivity index (χ3v) is 5.21. The van der Waals surface area contributed by atoms with Crippen LogP contribution in [-0.4, -0.2) is 35.2 Å². The standard InChI is InChI=1S/C20H26N2O2/c1-2-6-17(5-1)23-18-9-12-22(13-10-18)15-19-7-8-20(24-19)16-4-3-11-21-14-16/h3-4,7-8,11,14,17-18H,1-2,5-6,9-10,12-13,15H2. The molecule has 128 valence electrons. The Labute approximate surface area is 143 Å². The number of ether oxygens (including phenoxy) is 1. The summed E-state index contributed by atoms with van der Waals surface area (Å²) in [6, 6.07) is 8.10. The monoisotopic (exact) mass is 326 g/mol. The van der Waals surface area contributed by atoms with Gasteiger partial charge in [-0.05, 0) is 49.9 Å². The lowest BCUT2D eigenvalue weighted by Crippen LogP contribution is -2.37. The molecule has 0 radical (unpaired) electrons. The van der Waals surface area contributed by atoms with Gasteiger partial charge in [0.05, 0.1) is 18.8 Å². The Hall–Kier alpha value is -1.65. The summed E-state index contributed by atoms with van der Waals surface area (Å²) in [5.74, 6) is 1.93. The smallest absolute Gasteiger partial charge is 0.135 e. The summed E-state index contributed by atoms with van der Waals surface area (Å²) in [5, 5.41) is 0. The summed E-state index contributed by atoms with van der Waals surface area (Å²) >= 11 is 0. The van der Waals surface area contributed by atoms with Crippen LogP contribution in [0.1, 0.15) is 44.3 Å². The maximum absolute atomic E-state index is 6.26. The number of piperidine rings is 1. The topological polar surface area (TPSA) is 38.5 Å². The minimum absolute atomic E-state index is 0.465. The largest absolute Gasteiger partial charge is 0.460 e. The van der Waals surface area contributed by atoms with Crippen molar-refractivity contribution in [3.8, 4) is 11.3 Å². The van der Waals surface area contributed by atoms with E-state index in [0.717, 1.165) is 49.6 Å². The summed E-state index contributed by atoms with van der Waals surface area (Å²) in [5.41, 5.74) is 1.03. The molecule has 2 aliphatic rings. The molecule has 1 aliphatic heterocycles. The first-order valence-corrected chi connectivity index (χ1v) is 9.24. The van der Waals surface area contributed by atoms with Gasteiger partial charge >= 0.3 is 0 Å². The Bertz CT molecular complexity index is 626. The van der Waals surface area contributed by atoms with E-state index in [1.54, 1.807) is 6.20 Å². The van der Waals surface area contributed by atoms with Gasteiger partial charge in [0.25, 0.3) is 0 Å². The fraction of sp³-hybridized carbons (Fsp3) is 0.550. The first-order valence-electron chi connectivity index (χ1n) is 9.24. The minimum Gasteiger partial charge on any atom is -0.460 e. The molecule has 3 heterocycles. The van der Waals surface area contributed by atoms with Gasteiger partial charge in [-0.15, -0.1) is 0 Å². The molecule has 4 heteroatoms. The van der Waals surface area contributed by atoms with Crippen LogP contribution in [-0.2, 0) is 11.3 Å². The second-order valence-corrected chi connectivity index (χ2v) is 7.03. The van der Waals surface area contributed by atoms with Crippen LogP contribution >= 0.6 is 0 Å². The molecule has 2 fully saturated rings. The number of rotatable bonds is 5. The first kappa shape index (κ1) is 15.9. The van der Waals surface area contributed by atoms with E-state index in [-0.39, 0.29) is 0 Å².